The van der Waals surface area contributed by atoms with E-state index in [1.165, 1.54) is 12.1 Å². The molecule has 1 aliphatic rings. The minimum atomic E-state index is -1.12. The molecule has 0 saturated heterocycles. The SMILES string of the molecule is CCOC(=O)Cc1[nH]nc2c1[C@@H](c1cccc(F)c1F)C(C#N)=C(N)O2. The lowest BCUT2D eigenvalue weighted by molar-refractivity contribution is -0.142. The molecule has 0 saturated carbocycles. The molecule has 2 aromatic rings. The fraction of sp³-hybridized carbons (Fsp3) is 0.235. The van der Waals surface area contributed by atoms with Crippen molar-refractivity contribution in [2.45, 2.75) is 19.3 Å². The molecule has 3 N–H and O–H groups in total. The van der Waals surface area contributed by atoms with Crippen molar-refractivity contribution in [2.75, 3.05) is 6.61 Å². The molecule has 7 nitrogen and oxygen atoms in total. The largest absolute Gasteiger partial charge is 0.466 e. The molecule has 9 heteroatoms. The molecule has 0 bridgehead atoms. The third-order valence-corrected chi connectivity index (χ3v) is 3.94. The number of ether oxygens (including phenoxy) is 2. The van der Waals surface area contributed by atoms with Crippen molar-refractivity contribution in [3.63, 3.8) is 0 Å². The summed E-state index contributed by atoms with van der Waals surface area (Å²) >= 11 is 0. The Bertz CT molecular complexity index is 946. The summed E-state index contributed by atoms with van der Waals surface area (Å²) in [5.41, 5.74) is 6.05. The second-order valence-corrected chi connectivity index (χ2v) is 5.47. The molecule has 1 aromatic carbocycles. The van der Waals surface area contributed by atoms with Gasteiger partial charge in [0.05, 0.1) is 30.2 Å². The van der Waals surface area contributed by atoms with Crippen LogP contribution in [0.2, 0.25) is 0 Å². The van der Waals surface area contributed by atoms with Gasteiger partial charge in [-0.15, -0.1) is 5.10 Å². The first-order chi connectivity index (χ1) is 12.5. The first-order valence-corrected chi connectivity index (χ1v) is 7.72. The van der Waals surface area contributed by atoms with Gasteiger partial charge in [-0.1, -0.05) is 12.1 Å². The number of allylic oxidation sites excluding steroid dienone is 1. The van der Waals surface area contributed by atoms with Crippen molar-refractivity contribution in [1.82, 2.24) is 10.2 Å². The van der Waals surface area contributed by atoms with Gasteiger partial charge in [0.25, 0.3) is 0 Å². The summed E-state index contributed by atoms with van der Waals surface area (Å²) in [4.78, 5) is 11.8. The molecule has 0 unspecified atom stereocenters. The maximum Gasteiger partial charge on any atom is 0.311 e. The minimum absolute atomic E-state index is 0.00513. The number of H-pyrrole nitrogens is 1. The molecular formula is C17H14F2N4O3. The van der Waals surface area contributed by atoms with Gasteiger partial charge >= 0.3 is 5.97 Å². The summed E-state index contributed by atoms with van der Waals surface area (Å²) in [5, 5.41) is 16.0. The maximum absolute atomic E-state index is 14.4. The van der Waals surface area contributed by atoms with E-state index in [1.807, 2.05) is 6.07 Å². The number of fused-ring (bicyclic) bond motifs is 1. The lowest BCUT2D eigenvalue weighted by atomic mass is 9.83. The first-order valence-electron chi connectivity index (χ1n) is 7.72. The molecule has 0 radical (unpaired) electrons. The van der Waals surface area contributed by atoms with Gasteiger partial charge in [-0.05, 0) is 13.0 Å². The molecule has 0 amide bonds. The van der Waals surface area contributed by atoms with E-state index in [0.29, 0.717) is 0 Å². The second-order valence-electron chi connectivity index (χ2n) is 5.47. The highest BCUT2D eigenvalue weighted by Crippen LogP contribution is 2.43. The summed E-state index contributed by atoms with van der Waals surface area (Å²) in [7, 11) is 0. The summed E-state index contributed by atoms with van der Waals surface area (Å²) < 4.78 is 38.4. The topological polar surface area (TPSA) is 114 Å². The Balaban J connectivity index is 2.17. The van der Waals surface area contributed by atoms with Crippen LogP contribution in [0, 0.1) is 23.0 Å². The number of nitrogens with two attached hydrogens (primary N) is 1. The van der Waals surface area contributed by atoms with Crippen molar-refractivity contribution in [3.8, 4) is 11.9 Å². The van der Waals surface area contributed by atoms with E-state index in [-0.39, 0.29) is 47.2 Å². The molecule has 2 heterocycles. The van der Waals surface area contributed by atoms with Crippen LogP contribution in [0.25, 0.3) is 0 Å². The highest BCUT2D eigenvalue weighted by atomic mass is 19.2. The number of hydrogen-bond donors (Lipinski definition) is 2. The quantitative estimate of drug-likeness (QED) is 0.806. The van der Waals surface area contributed by atoms with Crippen LogP contribution in [-0.2, 0) is 16.0 Å². The predicted molar refractivity (Wildman–Crippen MR) is 84.6 cm³/mol. The van der Waals surface area contributed by atoms with Gasteiger partial charge in [-0.2, -0.15) is 5.26 Å². The van der Waals surface area contributed by atoms with Gasteiger partial charge in [-0.3, -0.25) is 9.89 Å². The zero-order valence-electron chi connectivity index (χ0n) is 13.7. The molecule has 26 heavy (non-hydrogen) atoms. The molecule has 0 spiro atoms. The van der Waals surface area contributed by atoms with Crippen LogP contribution in [0.3, 0.4) is 0 Å². The summed E-state index contributed by atoms with van der Waals surface area (Å²) in [6, 6.07) is 5.49. The van der Waals surface area contributed by atoms with Crippen LogP contribution in [0.4, 0.5) is 8.78 Å². The molecule has 1 aliphatic heterocycles. The average Bonchev–Trinajstić information content (AvgIpc) is 2.98. The Labute approximate surface area is 147 Å². The van der Waals surface area contributed by atoms with Crippen molar-refractivity contribution >= 4 is 5.97 Å². The summed E-state index contributed by atoms with van der Waals surface area (Å²) in [6.45, 7) is 1.84. The third-order valence-electron chi connectivity index (χ3n) is 3.94. The third kappa shape index (κ3) is 2.86. The number of nitrogens with one attached hydrogen (secondary N) is 1. The predicted octanol–water partition coefficient (Wildman–Crippen LogP) is 2.01. The van der Waals surface area contributed by atoms with Gasteiger partial charge in [0.2, 0.25) is 11.8 Å². The molecule has 134 valence electrons. The Morgan fingerprint density at radius 2 is 2.27 bits per heavy atom. The van der Waals surface area contributed by atoms with Crippen molar-refractivity contribution < 1.29 is 23.0 Å². The zero-order chi connectivity index (χ0) is 18.8. The molecule has 0 aliphatic carbocycles. The normalized spacial score (nSPS) is 15.8. The highest BCUT2D eigenvalue weighted by Gasteiger charge is 2.37. The lowest BCUT2D eigenvalue weighted by Crippen LogP contribution is -2.22. The van der Waals surface area contributed by atoms with Crippen LogP contribution >= 0.6 is 0 Å². The number of nitrogens with zero attached hydrogens (tertiary/aromatic N) is 2. The number of halogens is 2. The van der Waals surface area contributed by atoms with E-state index >= 15 is 0 Å². The summed E-state index contributed by atoms with van der Waals surface area (Å²) in [6.07, 6.45) is -0.203. The molecular weight excluding hydrogens is 346 g/mol. The van der Waals surface area contributed by atoms with E-state index in [4.69, 9.17) is 15.2 Å². The van der Waals surface area contributed by atoms with Crippen LogP contribution in [-0.4, -0.2) is 22.8 Å². The number of aromatic amines is 1. The number of hydrogen-bond acceptors (Lipinski definition) is 6. The van der Waals surface area contributed by atoms with E-state index in [9.17, 15) is 18.8 Å². The van der Waals surface area contributed by atoms with Crippen LogP contribution in [0.1, 0.15) is 29.7 Å². The lowest BCUT2D eigenvalue weighted by Gasteiger charge is -2.24. The van der Waals surface area contributed by atoms with Crippen molar-refractivity contribution in [2.24, 2.45) is 5.73 Å². The Kier molecular flexibility index (Phi) is 4.58. The molecule has 1 atom stereocenters. The van der Waals surface area contributed by atoms with E-state index in [0.717, 1.165) is 6.07 Å². The zero-order valence-corrected chi connectivity index (χ0v) is 13.7. The Morgan fingerprint density at radius 3 is 2.96 bits per heavy atom. The molecule has 0 fully saturated rings. The number of nitriles is 1. The smallest absolute Gasteiger partial charge is 0.311 e. The Morgan fingerprint density at radius 1 is 1.50 bits per heavy atom. The number of carbonyl (C=O) groups is 1. The minimum Gasteiger partial charge on any atom is -0.466 e. The van der Waals surface area contributed by atoms with Gasteiger partial charge in [0, 0.05) is 5.56 Å². The van der Waals surface area contributed by atoms with Crippen LogP contribution in [0.15, 0.2) is 29.7 Å². The van der Waals surface area contributed by atoms with Gasteiger partial charge in [-0.25, -0.2) is 8.78 Å². The van der Waals surface area contributed by atoms with E-state index in [2.05, 4.69) is 10.2 Å². The van der Waals surface area contributed by atoms with Gasteiger partial charge in [0.15, 0.2) is 11.6 Å². The summed E-state index contributed by atoms with van der Waals surface area (Å²) in [5.74, 6) is -4.06. The van der Waals surface area contributed by atoms with Gasteiger partial charge < -0.3 is 15.2 Å². The number of carbonyl (C=O) groups excluding carboxylic acids is 1. The molecule has 3 rings (SSSR count). The standard InChI is InChI=1S/C17H14F2N4O3/c1-2-25-12(24)6-11-14-13(8-4-3-5-10(18)15(8)19)9(7-20)16(21)26-17(14)23-22-11/h3-5,13H,2,6,21H2,1H3,(H,22,23)/t13-/m0/s1. The maximum atomic E-state index is 14.4. The fourth-order valence-corrected chi connectivity index (χ4v) is 2.85. The second kappa shape index (κ2) is 6.84. The highest BCUT2D eigenvalue weighted by molar-refractivity contribution is 5.73. The van der Waals surface area contributed by atoms with E-state index < -0.39 is 23.5 Å². The number of benzene rings is 1. The Hall–Kier alpha value is -3.41. The number of rotatable bonds is 4. The van der Waals surface area contributed by atoms with Crippen LogP contribution < -0.4 is 10.5 Å². The molecule has 1 aromatic heterocycles. The first kappa shape index (κ1) is 17.4. The van der Waals surface area contributed by atoms with Crippen molar-refractivity contribution in [3.05, 3.63) is 58.1 Å². The van der Waals surface area contributed by atoms with Crippen molar-refractivity contribution in [1.29, 1.82) is 5.26 Å². The van der Waals surface area contributed by atoms with Gasteiger partial charge in [0.1, 0.15) is 11.6 Å². The average molecular weight is 360 g/mol. The number of esters is 1. The fourth-order valence-electron chi connectivity index (χ4n) is 2.85. The number of aromatic nitrogens is 2. The monoisotopic (exact) mass is 360 g/mol. The van der Waals surface area contributed by atoms with E-state index in [1.54, 1.807) is 6.92 Å². The van der Waals surface area contributed by atoms with Crippen LogP contribution in [0.5, 0.6) is 5.88 Å².